The second kappa shape index (κ2) is 3.88. The van der Waals surface area contributed by atoms with E-state index in [9.17, 15) is 0 Å². The van der Waals surface area contributed by atoms with Crippen molar-refractivity contribution in [1.82, 2.24) is 9.97 Å². The van der Waals surface area contributed by atoms with Gasteiger partial charge in [0.25, 0.3) is 0 Å². The Kier molecular flexibility index (Phi) is 2.52. The van der Waals surface area contributed by atoms with Crippen molar-refractivity contribution >= 4 is 15.9 Å². The highest BCUT2D eigenvalue weighted by atomic mass is 79.9. The maximum absolute atomic E-state index is 9.06. The van der Waals surface area contributed by atoms with Crippen molar-refractivity contribution in [3.05, 3.63) is 34.9 Å². The van der Waals surface area contributed by atoms with Gasteiger partial charge >= 0.3 is 0 Å². The minimum Gasteiger partial charge on any atom is -0.237 e. The first-order chi connectivity index (χ1) is 9.03. The van der Waals surface area contributed by atoms with Gasteiger partial charge in [0.1, 0.15) is 12.1 Å². The van der Waals surface area contributed by atoms with E-state index in [0.29, 0.717) is 0 Å². The molecule has 0 radical (unpaired) electrons. The van der Waals surface area contributed by atoms with Crippen LogP contribution in [0, 0.1) is 22.7 Å². The average molecular weight is 315 g/mol. The molecule has 4 nitrogen and oxygen atoms in total. The predicted molar refractivity (Wildman–Crippen MR) is 72.7 cm³/mol. The fraction of sp³-hybridized carbons (Fsp3) is 0.429. The van der Waals surface area contributed by atoms with Crippen LogP contribution in [0.4, 0.5) is 0 Å². The Morgan fingerprint density at radius 2 is 1.63 bits per heavy atom. The number of hydrogen-bond donors (Lipinski definition) is 0. The van der Waals surface area contributed by atoms with Gasteiger partial charge in [0, 0.05) is 11.8 Å². The molecule has 3 atom stereocenters. The number of aromatic nitrogens is 2. The predicted octanol–water partition coefficient (Wildman–Crippen LogP) is 2.90. The molecular weight excluding hydrogens is 304 g/mol. The van der Waals surface area contributed by atoms with E-state index in [1.54, 1.807) is 0 Å². The Labute approximate surface area is 119 Å². The van der Waals surface area contributed by atoms with Crippen molar-refractivity contribution in [3.8, 4) is 12.1 Å². The molecule has 0 N–H and O–H groups in total. The van der Waals surface area contributed by atoms with Crippen LogP contribution in [0.3, 0.4) is 0 Å². The Morgan fingerprint density at radius 3 is 1.95 bits per heavy atom. The van der Waals surface area contributed by atoms with Gasteiger partial charge in [-0.25, -0.2) is 9.97 Å². The van der Waals surface area contributed by atoms with Gasteiger partial charge in [-0.05, 0) is 19.8 Å². The number of nitrogens with zero attached hydrogens (tertiary/aromatic N) is 4. The molecule has 1 aromatic rings. The van der Waals surface area contributed by atoms with Gasteiger partial charge in [0.15, 0.2) is 11.4 Å². The van der Waals surface area contributed by atoms with Crippen LogP contribution < -0.4 is 0 Å². The van der Waals surface area contributed by atoms with E-state index in [-0.39, 0.29) is 27.5 Å². The fourth-order valence-electron chi connectivity index (χ4n) is 3.39. The summed E-state index contributed by atoms with van der Waals surface area (Å²) in [6.07, 6.45) is 2.03. The number of rotatable bonds is 1. The number of hydrogen-bond acceptors (Lipinski definition) is 4. The number of halogens is 1. The smallest absolute Gasteiger partial charge is 0.177 e. The van der Waals surface area contributed by atoms with E-state index in [0.717, 1.165) is 29.8 Å². The zero-order chi connectivity index (χ0) is 13.8. The molecule has 0 aromatic carbocycles. The molecule has 1 fully saturated rings. The Balaban J connectivity index is 2.24. The molecule has 2 bridgehead atoms. The molecule has 0 saturated heterocycles. The first-order valence-corrected chi connectivity index (χ1v) is 6.90. The third-order valence-corrected chi connectivity index (χ3v) is 6.02. The summed E-state index contributed by atoms with van der Waals surface area (Å²) in [6, 6.07) is 3.92. The van der Waals surface area contributed by atoms with E-state index in [2.05, 4.69) is 32.5 Å². The van der Waals surface area contributed by atoms with Gasteiger partial charge in [0.2, 0.25) is 0 Å². The summed E-state index contributed by atoms with van der Waals surface area (Å²) >= 11 is 3.83. The molecule has 1 aromatic heterocycles. The minimum absolute atomic E-state index is 0.130. The SMILES string of the molecule is C=C(C)C1(Br)[C@@H]2CC[C@H]1c1nc(C#N)c(C#N)nc12. The van der Waals surface area contributed by atoms with Gasteiger partial charge in [0.05, 0.1) is 15.7 Å². The van der Waals surface area contributed by atoms with Crippen molar-refractivity contribution in [3.63, 3.8) is 0 Å². The Hall–Kier alpha value is -1.72. The summed E-state index contributed by atoms with van der Waals surface area (Å²) in [4.78, 5) is 8.77. The van der Waals surface area contributed by atoms with Crippen LogP contribution in [0.2, 0.25) is 0 Å². The van der Waals surface area contributed by atoms with Crippen molar-refractivity contribution < 1.29 is 0 Å². The molecule has 0 spiro atoms. The topological polar surface area (TPSA) is 73.4 Å². The molecule has 94 valence electrons. The highest BCUT2D eigenvalue weighted by Crippen LogP contribution is 2.65. The zero-order valence-corrected chi connectivity index (χ0v) is 12.0. The lowest BCUT2D eigenvalue weighted by Crippen LogP contribution is -2.25. The van der Waals surface area contributed by atoms with Gasteiger partial charge in [-0.15, -0.1) is 0 Å². The van der Waals surface area contributed by atoms with Crippen LogP contribution in [0.25, 0.3) is 0 Å². The molecule has 1 unspecified atom stereocenters. The van der Waals surface area contributed by atoms with Crippen LogP contribution >= 0.6 is 15.9 Å². The molecule has 2 aliphatic rings. The average Bonchev–Trinajstić information content (AvgIpc) is 2.87. The molecular formula is C14H11BrN4. The summed E-state index contributed by atoms with van der Waals surface area (Å²) < 4.78 is -0.212. The summed E-state index contributed by atoms with van der Waals surface area (Å²) in [5.41, 5.74) is 3.05. The molecule has 1 saturated carbocycles. The summed E-state index contributed by atoms with van der Waals surface area (Å²) in [7, 11) is 0. The van der Waals surface area contributed by atoms with E-state index in [4.69, 9.17) is 10.5 Å². The molecule has 3 rings (SSSR count). The molecule has 2 aliphatic carbocycles. The van der Waals surface area contributed by atoms with Gasteiger partial charge in [-0.1, -0.05) is 28.1 Å². The summed E-state index contributed by atoms with van der Waals surface area (Å²) in [5.74, 6) is 0.412. The van der Waals surface area contributed by atoms with Gasteiger partial charge < -0.3 is 0 Å². The van der Waals surface area contributed by atoms with Crippen molar-refractivity contribution in [2.24, 2.45) is 0 Å². The highest BCUT2D eigenvalue weighted by Gasteiger charge is 2.58. The van der Waals surface area contributed by atoms with Crippen LogP contribution in [0.15, 0.2) is 12.2 Å². The van der Waals surface area contributed by atoms with E-state index in [1.165, 1.54) is 0 Å². The highest BCUT2D eigenvalue weighted by molar-refractivity contribution is 9.10. The molecule has 0 amide bonds. The van der Waals surface area contributed by atoms with E-state index >= 15 is 0 Å². The number of fused-ring (bicyclic) bond motifs is 5. The molecule has 19 heavy (non-hydrogen) atoms. The van der Waals surface area contributed by atoms with Gasteiger partial charge in [-0.2, -0.15) is 10.5 Å². The van der Waals surface area contributed by atoms with Crippen molar-refractivity contribution in [1.29, 1.82) is 10.5 Å². The second-order valence-electron chi connectivity index (χ2n) is 5.15. The quantitative estimate of drug-likeness (QED) is 0.590. The summed E-state index contributed by atoms with van der Waals surface area (Å²) in [6.45, 7) is 6.09. The normalized spacial score (nSPS) is 30.5. The largest absolute Gasteiger partial charge is 0.237 e. The monoisotopic (exact) mass is 314 g/mol. The lowest BCUT2D eigenvalue weighted by molar-refractivity contribution is 0.622. The first-order valence-electron chi connectivity index (χ1n) is 6.11. The maximum atomic E-state index is 9.06. The summed E-state index contributed by atoms with van der Waals surface area (Å²) in [5, 5.41) is 18.1. The van der Waals surface area contributed by atoms with E-state index < -0.39 is 0 Å². The third-order valence-electron chi connectivity index (χ3n) is 4.24. The van der Waals surface area contributed by atoms with Crippen LogP contribution in [0.5, 0.6) is 0 Å². The fourth-order valence-corrected chi connectivity index (χ4v) is 4.28. The maximum Gasteiger partial charge on any atom is 0.177 e. The Morgan fingerprint density at radius 1 is 1.21 bits per heavy atom. The van der Waals surface area contributed by atoms with Gasteiger partial charge in [-0.3, -0.25) is 0 Å². The van der Waals surface area contributed by atoms with E-state index in [1.807, 2.05) is 19.1 Å². The zero-order valence-electron chi connectivity index (χ0n) is 10.4. The van der Waals surface area contributed by atoms with Crippen molar-refractivity contribution in [2.75, 3.05) is 0 Å². The second-order valence-corrected chi connectivity index (χ2v) is 6.46. The lowest BCUT2D eigenvalue weighted by Gasteiger charge is -2.27. The Bertz CT molecular complexity index is 631. The number of alkyl halides is 1. The standard InChI is InChI=1S/C14H11BrN4/c1-7(2)14(15)8-3-4-9(14)13-12(8)18-10(5-16)11(6-17)19-13/h8-9H,1,3-4H2,2H3/t8-,9+,14?. The van der Waals surface area contributed by atoms with Crippen LogP contribution in [0.1, 0.15) is 54.4 Å². The first kappa shape index (κ1) is 12.3. The van der Waals surface area contributed by atoms with Crippen molar-refractivity contribution in [2.45, 2.75) is 35.9 Å². The molecule has 5 heteroatoms. The molecule has 1 heterocycles. The van der Waals surface area contributed by atoms with Crippen LogP contribution in [-0.4, -0.2) is 14.3 Å². The minimum atomic E-state index is -0.212. The number of nitriles is 2. The van der Waals surface area contributed by atoms with Crippen LogP contribution in [-0.2, 0) is 0 Å². The molecule has 0 aliphatic heterocycles. The lowest BCUT2D eigenvalue weighted by atomic mass is 9.89. The third kappa shape index (κ3) is 1.37. The number of allylic oxidation sites excluding steroid dienone is 1.